The molecular formula is C18H18FNO4. The number of carbonyl (C=O) groups is 2. The SMILES string of the molecule is Cc1coc(CC(=O)O)c1C(=O)N1CCCC1c1ccc(F)cc1. The second-order valence-electron chi connectivity index (χ2n) is 6.00. The Hall–Kier alpha value is -2.63. The molecule has 5 nitrogen and oxygen atoms in total. The van der Waals surface area contributed by atoms with Crippen LogP contribution in [0.15, 0.2) is 34.9 Å². The normalized spacial score (nSPS) is 17.2. The van der Waals surface area contributed by atoms with Crippen LogP contribution in [0.25, 0.3) is 0 Å². The van der Waals surface area contributed by atoms with Gasteiger partial charge in [0.2, 0.25) is 0 Å². The van der Waals surface area contributed by atoms with E-state index in [9.17, 15) is 14.0 Å². The zero-order valence-corrected chi connectivity index (χ0v) is 13.3. The number of aliphatic carboxylic acids is 1. The molecule has 0 spiro atoms. The highest BCUT2D eigenvalue weighted by atomic mass is 19.1. The third kappa shape index (κ3) is 3.04. The first-order valence-corrected chi connectivity index (χ1v) is 7.82. The van der Waals surface area contributed by atoms with Gasteiger partial charge in [-0.15, -0.1) is 0 Å². The van der Waals surface area contributed by atoms with Crippen LogP contribution in [0.1, 0.15) is 46.1 Å². The number of furan rings is 1. The van der Waals surface area contributed by atoms with E-state index in [-0.39, 0.29) is 29.9 Å². The Balaban J connectivity index is 1.90. The fourth-order valence-electron chi connectivity index (χ4n) is 3.24. The van der Waals surface area contributed by atoms with E-state index in [1.54, 1.807) is 24.0 Å². The molecule has 0 radical (unpaired) electrons. The van der Waals surface area contributed by atoms with Gasteiger partial charge in [-0.2, -0.15) is 0 Å². The largest absolute Gasteiger partial charge is 0.481 e. The minimum Gasteiger partial charge on any atom is -0.481 e. The number of rotatable bonds is 4. The second-order valence-corrected chi connectivity index (χ2v) is 6.00. The van der Waals surface area contributed by atoms with Crippen LogP contribution in [0.5, 0.6) is 0 Å². The molecule has 6 heteroatoms. The smallest absolute Gasteiger partial charge is 0.311 e. The molecule has 0 bridgehead atoms. The van der Waals surface area contributed by atoms with Crippen molar-refractivity contribution in [3.63, 3.8) is 0 Å². The molecule has 0 saturated carbocycles. The minimum absolute atomic E-state index is 0.134. The van der Waals surface area contributed by atoms with Gasteiger partial charge < -0.3 is 14.4 Å². The van der Waals surface area contributed by atoms with Crippen molar-refractivity contribution in [2.75, 3.05) is 6.54 Å². The van der Waals surface area contributed by atoms with Crippen LogP contribution in [-0.4, -0.2) is 28.4 Å². The first-order chi connectivity index (χ1) is 11.5. The van der Waals surface area contributed by atoms with Crippen LogP contribution in [0.2, 0.25) is 0 Å². The standard InChI is InChI=1S/C18H18FNO4/c1-11-10-24-15(9-16(21)22)17(11)18(23)20-8-2-3-14(20)12-4-6-13(19)7-5-12/h4-7,10,14H,2-3,8-9H2,1H3,(H,21,22). The molecule has 1 atom stereocenters. The maximum absolute atomic E-state index is 13.1. The van der Waals surface area contributed by atoms with Crippen molar-refractivity contribution in [3.05, 3.63) is 58.8 Å². The summed E-state index contributed by atoms with van der Waals surface area (Å²) < 4.78 is 18.4. The van der Waals surface area contributed by atoms with Crippen LogP contribution in [0.3, 0.4) is 0 Å². The van der Waals surface area contributed by atoms with Gasteiger partial charge in [0.1, 0.15) is 18.0 Å². The van der Waals surface area contributed by atoms with Crippen molar-refractivity contribution >= 4 is 11.9 Å². The Labute approximate surface area is 138 Å². The summed E-state index contributed by atoms with van der Waals surface area (Å²) in [5.74, 6) is -1.42. The third-order valence-corrected chi connectivity index (χ3v) is 4.35. The number of halogens is 1. The quantitative estimate of drug-likeness (QED) is 0.933. The first-order valence-electron chi connectivity index (χ1n) is 7.82. The first kappa shape index (κ1) is 16.2. The molecule has 1 aromatic carbocycles. The number of aryl methyl sites for hydroxylation is 1. The summed E-state index contributed by atoms with van der Waals surface area (Å²) in [7, 11) is 0. The van der Waals surface area contributed by atoms with Crippen LogP contribution in [0, 0.1) is 12.7 Å². The highest BCUT2D eigenvalue weighted by molar-refractivity contribution is 5.97. The fraction of sp³-hybridized carbons (Fsp3) is 0.333. The molecule has 1 saturated heterocycles. The zero-order chi connectivity index (χ0) is 17.3. The molecule has 2 aromatic rings. The van der Waals surface area contributed by atoms with E-state index >= 15 is 0 Å². The van der Waals surface area contributed by atoms with Crippen molar-refractivity contribution < 1.29 is 23.5 Å². The topological polar surface area (TPSA) is 70.7 Å². The summed E-state index contributed by atoms with van der Waals surface area (Å²) in [6, 6.07) is 6.01. The average Bonchev–Trinajstić information content (AvgIpc) is 3.14. The van der Waals surface area contributed by atoms with Crippen LogP contribution in [-0.2, 0) is 11.2 Å². The zero-order valence-electron chi connectivity index (χ0n) is 13.3. The predicted molar refractivity (Wildman–Crippen MR) is 84.2 cm³/mol. The lowest BCUT2D eigenvalue weighted by atomic mass is 10.0. The van der Waals surface area contributed by atoms with Gasteiger partial charge in [-0.1, -0.05) is 12.1 Å². The average molecular weight is 331 g/mol. The molecule has 3 rings (SSSR count). The molecular weight excluding hydrogens is 313 g/mol. The van der Waals surface area contributed by atoms with E-state index in [1.807, 2.05) is 0 Å². The fourth-order valence-corrected chi connectivity index (χ4v) is 3.24. The summed E-state index contributed by atoms with van der Waals surface area (Å²) in [6.45, 7) is 2.31. The maximum Gasteiger partial charge on any atom is 0.311 e. The number of hydrogen-bond acceptors (Lipinski definition) is 3. The van der Waals surface area contributed by atoms with Crippen molar-refractivity contribution in [1.29, 1.82) is 0 Å². The van der Waals surface area contributed by atoms with Crippen molar-refractivity contribution in [2.24, 2.45) is 0 Å². The highest BCUT2D eigenvalue weighted by Gasteiger charge is 2.33. The van der Waals surface area contributed by atoms with Gasteiger partial charge in [-0.05, 0) is 37.5 Å². The molecule has 1 amide bonds. The summed E-state index contributed by atoms with van der Waals surface area (Å²) in [6.07, 6.45) is 2.72. The van der Waals surface area contributed by atoms with Gasteiger partial charge in [0.25, 0.3) is 5.91 Å². The Morgan fingerprint density at radius 3 is 2.71 bits per heavy atom. The van der Waals surface area contributed by atoms with Crippen LogP contribution < -0.4 is 0 Å². The van der Waals surface area contributed by atoms with Crippen LogP contribution >= 0.6 is 0 Å². The summed E-state index contributed by atoms with van der Waals surface area (Å²) >= 11 is 0. The maximum atomic E-state index is 13.1. The Morgan fingerprint density at radius 1 is 1.33 bits per heavy atom. The second kappa shape index (κ2) is 6.47. The number of hydrogen-bond donors (Lipinski definition) is 1. The lowest BCUT2D eigenvalue weighted by Gasteiger charge is -2.25. The van der Waals surface area contributed by atoms with Gasteiger partial charge >= 0.3 is 5.97 Å². The molecule has 1 aromatic heterocycles. The summed E-state index contributed by atoms with van der Waals surface area (Å²) in [4.78, 5) is 25.7. The van der Waals surface area contributed by atoms with Crippen molar-refractivity contribution in [2.45, 2.75) is 32.2 Å². The number of benzene rings is 1. The number of carboxylic acids is 1. The van der Waals surface area contributed by atoms with E-state index in [2.05, 4.69) is 0 Å². The highest BCUT2D eigenvalue weighted by Crippen LogP contribution is 2.34. The Bertz CT molecular complexity index is 766. The molecule has 0 aliphatic carbocycles. The Morgan fingerprint density at radius 2 is 2.04 bits per heavy atom. The predicted octanol–water partition coefficient (Wildman–Crippen LogP) is 3.33. The number of amides is 1. The van der Waals surface area contributed by atoms with Gasteiger partial charge in [0.05, 0.1) is 17.9 Å². The lowest BCUT2D eigenvalue weighted by Crippen LogP contribution is -2.31. The molecule has 2 heterocycles. The van der Waals surface area contributed by atoms with E-state index in [0.717, 1.165) is 18.4 Å². The molecule has 1 unspecified atom stereocenters. The molecule has 24 heavy (non-hydrogen) atoms. The number of likely N-dealkylation sites (tertiary alicyclic amines) is 1. The lowest BCUT2D eigenvalue weighted by molar-refractivity contribution is -0.136. The number of carboxylic acid groups (broad SMARTS) is 1. The minimum atomic E-state index is -1.05. The van der Waals surface area contributed by atoms with E-state index in [1.165, 1.54) is 18.4 Å². The molecule has 1 fully saturated rings. The van der Waals surface area contributed by atoms with Crippen molar-refractivity contribution in [3.8, 4) is 0 Å². The van der Waals surface area contributed by atoms with Gasteiger partial charge in [0, 0.05) is 12.1 Å². The molecule has 1 aliphatic rings. The summed E-state index contributed by atoms with van der Waals surface area (Å²) in [5, 5.41) is 8.98. The van der Waals surface area contributed by atoms with Crippen molar-refractivity contribution in [1.82, 2.24) is 4.90 Å². The third-order valence-electron chi connectivity index (χ3n) is 4.35. The number of carbonyl (C=O) groups excluding carboxylic acids is 1. The monoisotopic (exact) mass is 331 g/mol. The van der Waals surface area contributed by atoms with Crippen LogP contribution in [0.4, 0.5) is 4.39 Å². The van der Waals surface area contributed by atoms with Gasteiger partial charge in [0.15, 0.2) is 0 Å². The van der Waals surface area contributed by atoms with Gasteiger partial charge in [-0.25, -0.2) is 4.39 Å². The van der Waals surface area contributed by atoms with E-state index in [4.69, 9.17) is 9.52 Å². The van der Waals surface area contributed by atoms with E-state index < -0.39 is 5.97 Å². The Kier molecular flexibility index (Phi) is 4.38. The van der Waals surface area contributed by atoms with Gasteiger partial charge in [-0.3, -0.25) is 9.59 Å². The number of nitrogens with zero attached hydrogens (tertiary/aromatic N) is 1. The molecule has 1 aliphatic heterocycles. The molecule has 1 N–H and O–H groups in total. The summed E-state index contributed by atoms with van der Waals surface area (Å²) in [5.41, 5.74) is 1.83. The van der Waals surface area contributed by atoms with E-state index in [0.29, 0.717) is 17.7 Å². The molecule has 126 valence electrons.